The summed E-state index contributed by atoms with van der Waals surface area (Å²) in [6.45, 7) is 0. The number of amides is 1. The van der Waals surface area contributed by atoms with E-state index in [-0.39, 0.29) is 27.1 Å². The number of nitro groups is 1. The van der Waals surface area contributed by atoms with Crippen molar-refractivity contribution in [3.05, 3.63) is 56.3 Å². The van der Waals surface area contributed by atoms with Crippen LogP contribution in [-0.4, -0.2) is 20.9 Å². The van der Waals surface area contributed by atoms with Gasteiger partial charge < -0.3 is 10.4 Å². The first-order chi connectivity index (χ1) is 9.88. The molecule has 0 unspecified atom stereocenters. The number of aromatic nitrogens is 1. The zero-order valence-corrected chi connectivity index (χ0v) is 11.7. The number of hydrogen-bond donors (Lipinski definition) is 2. The molecule has 0 bridgehead atoms. The number of non-ortho nitro benzene ring substituents is 1. The minimum atomic E-state index is -0.662. The van der Waals surface area contributed by atoms with Crippen molar-refractivity contribution in [2.24, 2.45) is 0 Å². The number of halogens is 2. The highest BCUT2D eigenvalue weighted by molar-refractivity contribution is 6.35. The molecule has 9 heteroatoms. The first kappa shape index (κ1) is 15.0. The molecular formula is C12H7Cl2N3O4. The van der Waals surface area contributed by atoms with Gasteiger partial charge in [-0.25, -0.2) is 4.98 Å². The van der Waals surface area contributed by atoms with E-state index in [1.807, 2.05) is 0 Å². The van der Waals surface area contributed by atoms with Crippen molar-refractivity contribution in [2.75, 3.05) is 5.32 Å². The monoisotopic (exact) mass is 327 g/mol. The van der Waals surface area contributed by atoms with E-state index >= 15 is 0 Å². The van der Waals surface area contributed by atoms with Gasteiger partial charge >= 0.3 is 0 Å². The van der Waals surface area contributed by atoms with Crippen LogP contribution in [0.2, 0.25) is 10.2 Å². The highest BCUT2D eigenvalue weighted by atomic mass is 35.5. The molecule has 0 radical (unpaired) electrons. The first-order valence-corrected chi connectivity index (χ1v) is 6.24. The number of phenolic OH excluding ortho intramolecular Hbond substituents is 1. The molecule has 0 aliphatic rings. The molecule has 2 N–H and O–H groups in total. The number of pyridine rings is 1. The van der Waals surface area contributed by atoms with Gasteiger partial charge in [0.05, 0.1) is 27.3 Å². The summed E-state index contributed by atoms with van der Waals surface area (Å²) in [6, 6.07) is 4.55. The van der Waals surface area contributed by atoms with Crippen LogP contribution in [0.25, 0.3) is 0 Å². The van der Waals surface area contributed by atoms with Crippen LogP contribution in [0.15, 0.2) is 30.5 Å². The molecule has 1 aromatic heterocycles. The third kappa shape index (κ3) is 3.39. The maximum absolute atomic E-state index is 12.0. The first-order valence-electron chi connectivity index (χ1n) is 5.48. The summed E-state index contributed by atoms with van der Waals surface area (Å²) in [5.74, 6) is -1.07. The van der Waals surface area contributed by atoms with Gasteiger partial charge in [-0.2, -0.15) is 0 Å². The number of hydrogen-bond acceptors (Lipinski definition) is 5. The van der Waals surface area contributed by atoms with E-state index in [1.165, 1.54) is 18.3 Å². The third-order valence-electron chi connectivity index (χ3n) is 2.51. The Morgan fingerprint density at radius 2 is 2.05 bits per heavy atom. The van der Waals surface area contributed by atoms with Crippen LogP contribution >= 0.6 is 23.2 Å². The number of nitro benzene ring substituents is 1. The number of benzene rings is 1. The van der Waals surface area contributed by atoms with E-state index in [9.17, 15) is 20.0 Å². The second kappa shape index (κ2) is 5.94. The topological polar surface area (TPSA) is 105 Å². The second-order valence-corrected chi connectivity index (χ2v) is 4.69. The number of nitrogens with one attached hydrogen (secondary N) is 1. The molecular weight excluding hydrogens is 321 g/mol. The molecule has 1 aromatic carbocycles. The van der Waals surface area contributed by atoms with E-state index in [1.54, 1.807) is 0 Å². The number of carbonyl (C=O) groups excluding carboxylic acids is 1. The molecule has 1 amide bonds. The van der Waals surface area contributed by atoms with Gasteiger partial charge in [0.1, 0.15) is 10.9 Å². The lowest BCUT2D eigenvalue weighted by Crippen LogP contribution is -2.13. The van der Waals surface area contributed by atoms with Gasteiger partial charge in [-0.05, 0) is 12.1 Å². The SMILES string of the molecule is O=C(Nc1ccc([N+](=O)[O-])cc1O)c1cc(Cl)ncc1Cl. The minimum absolute atomic E-state index is 0.00889. The van der Waals surface area contributed by atoms with Gasteiger partial charge in [-0.1, -0.05) is 23.2 Å². The molecule has 0 aliphatic heterocycles. The number of aromatic hydroxyl groups is 1. The predicted octanol–water partition coefficient (Wildman–Crippen LogP) is 3.25. The fourth-order valence-electron chi connectivity index (χ4n) is 1.52. The Labute approximate surface area is 128 Å². The summed E-state index contributed by atoms with van der Waals surface area (Å²) < 4.78 is 0. The van der Waals surface area contributed by atoms with E-state index in [0.717, 1.165) is 12.1 Å². The highest BCUT2D eigenvalue weighted by Gasteiger charge is 2.15. The Bertz CT molecular complexity index is 736. The highest BCUT2D eigenvalue weighted by Crippen LogP contribution is 2.29. The molecule has 21 heavy (non-hydrogen) atoms. The van der Waals surface area contributed by atoms with Crippen molar-refractivity contribution >= 4 is 40.5 Å². The number of rotatable bonds is 3. The van der Waals surface area contributed by atoms with Gasteiger partial charge in [-0.3, -0.25) is 14.9 Å². The predicted molar refractivity (Wildman–Crippen MR) is 77.0 cm³/mol. The molecule has 2 aromatic rings. The molecule has 0 saturated carbocycles. The van der Waals surface area contributed by atoms with Crippen LogP contribution in [0.1, 0.15) is 10.4 Å². The van der Waals surface area contributed by atoms with Crippen LogP contribution < -0.4 is 5.32 Å². The lowest BCUT2D eigenvalue weighted by molar-refractivity contribution is -0.384. The van der Waals surface area contributed by atoms with Gasteiger partial charge in [0, 0.05) is 12.3 Å². The Hall–Kier alpha value is -2.38. The molecule has 0 aliphatic carbocycles. The molecule has 0 spiro atoms. The summed E-state index contributed by atoms with van der Waals surface area (Å²) in [4.78, 5) is 25.6. The number of nitrogens with zero attached hydrogens (tertiary/aromatic N) is 2. The zero-order chi connectivity index (χ0) is 15.6. The molecule has 7 nitrogen and oxygen atoms in total. The Balaban J connectivity index is 2.27. The van der Waals surface area contributed by atoms with E-state index in [4.69, 9.17) is 23.2 Å². The summed E-state index contributed by atoms with van der Waals surface area (Å²) in [7, 11) is 0. The van der Waals surface area contributed by atoms with Crippen LogP contribution in [-0.2, 0) is 0 Å². The number of anilines is 1. The van der Waals surface area contributed by atoms with Crippen molar-refractivity contribution in [1.82, 2.24) is 4.98 Å². The fraction of sp³-hybridized carbons (Fsp3) is 0. The quantitative estimate of drug-likeness (QED) is 0.389. The number of phenols is 1. The largest absolute Gasteiger partial charge is 0.506 e. The fourth-order valence-corrected chi connectivity index (χ4v) is 1.86. The van der Waals surface area contributed by atoms with Crippen molar-refractivity contribution in [2.45, 2.75) is 0 Å². The molecule has 0 saturated heterocycles. The smallest absolute Gasteiger partial charge is 0.273 e. The third-order valence-corrected chi connectivity index (χ3v) is 3.01. The van der Waals surface area contributed by atoms with Gasteiger partial charge in [0.2, 0.25) is 0 Å². The minimum Gasteiger partial charge on any atom is -0.506 e. The van der Waals surface area contributed by atoms with Crippen LogP contribution in [0.3, 0.4) is 0 Å². The number of carbonyl (C=O) groups is 1. The lowest BCUT2D eigenvalue weighted by atomic mass is 10.2. The summed E-state index contributed by atoms with van der Waals surface area (Å²) in [5, 5.41) is 22.8. The molecule has 0 fully saturated rings. The van der Waals surface area contributed by atoms with Gasteiger partial charge in [-0.15, -0.1) is 0 Å². The standard InChI is InChI=1S/C12H7Cl2N3O4/c13-8-5-15-11(14)4-7(8)12(19)16-9-2-1-6(17(20)21)3-10(9)18/h1-5,18H,(H,16,19). The van der Waals surface area contributed by atoms with Gasteiger partial charge in [0.15, 0.2) is 0 Å². The van der Waals surface area contributed by atoms with Crippen molar-refractivity contribution in [3.8, 4) is 5.75 Å². The van der Waals surface area contributed by atoms with E-state index in [2.05, 4.69) is 10.3 Å². The maximum Gasteiger partial charge on any atom is 0.273 e. The Morgan fingerprint density at radius 1 is 1.33 bits per heavy atom. The van der Waals surface area contributed by atoms with E-state index in [0.29, 0.717) is 0 Å². The Kier molecular flexibility index (Phi) is 4.25. The average Bonchev–Trinajstić information content (AvgIpc) is 2.43. The molecule has 1 heterocycles. The maximum atomic E-state index is 12.0. The molecule has 108 valence electrons. The molecule has 2 rings (SSSR count). The summed E-state index contributed by atoms with van der Waals surface area (Å²) in [5.41, 5.74) is -0.223. The van der Waals surface area contributed by atoms with Crippen molar-refractivity contribution in [3.63, 3.8) is 0 Å². The van der Waals surface area contributed by atoms with Crippen LogP contribution in [0, 0.1) is 10.1 Å². The van der Waals surface area contributed by atoms with E-state index < -0.39 is 16.6 Å². The van der Waals surface area contributed by atoms with Crippen molar-refractivity contribution < 1.29 is 14.8 Å². The lowest BCUT2D eigenvalue weighted by Gasteiger charge is -2.08. The van der Waals surface area contributed by atoms with Crippen LogP contribution in [0.5, 0.6) is 5.75 Å². The summed E-state index contributed by atoms with van der Waals surface area (Å²) >= 11 is 11.5. The zero-order valence-electron chi connectivity index (χ0n) is 10.2. The van der Waals surface area contributed by atoms with Crippen LogP contribution in [0.4, 0.5) is 11.4 Å². The van der Waals surface area contributed by atoms with Gasteiger partial charge in [0.25, 0.3) is 11.6 Å². The summed E-state index contributed by atoms with van der Waals surface area (Å²) in [6.07, 6.45) is 1.22. The molecule has 0 atom stereocenters. The van der Waals surface area contributed by atoms with Crippen molar-refractivity contribution in [1.29, 1.82) is 0 Å². The average molecular weight is 328 g/mol. The normalized spacial score (nSPS) is 10.2. The Morgan fingerprint density at radius 3 is 2.67 bits per heavy atom. The second-order valence-electron chi connectivity index (χ2n) is 3.90.